The molecule has 1 amide bonds. The van der Waals surface area contributed by atoms with Crippen LogP contribution in [0.3, 0.4) is 0 Å². The molecule has 0 radical (unpaired) electrons. The van der Waals surface area contributed by atoms with Gasteiger partial charge in [0.2, 0.25) is 5.91 Å². The fraction of sp³-hybridized carbons (Fsp3) is 0.619. The van der Waals surface area contributed by atoms with E-state index in [0.717, 1.165) is 23.4 Å². The van der Waals surface area contributed by atoms with Crippen LogP contribution in [0.2, 0.25) is 0 Å². The summed E-state index contributed by atoms with van der Waals surface area (Å²) >= 11 is 1.67. The molecule has 152 valence electrons. The Morgan fingerprint density at radius 1 is 1.32 bits per heavy atom. The molecule has 2 fully saturated rings. The normalized spacial score (nSPS) is 24.7. The van der Waals surface area contributed by atoms with Crippen molar-refractivity contribution in [3.63, 3.8) is 0 Å². The van der Waals surface area contributed by atoms with Crippen LogP contribution in [0.25, 0.3) is 10.2 Å². The predicted molar refractivity (Wildman–Crippen MR) is 108 cm³/mol. The molecule has 7 heteroatoms. The third-order valence-electron chi connectivity index (χ3n) is 5.96. The lowest BCUT2D eigenvalue weighted by Crippen LogP contribution is -2.56. The first-order valence-corrected chi connectivity index (χ1v) is 10.8. The Balaban J connectivity index is 1.30. The van der Waals surface area contributed by atoms with E-state index >= 15 is 0 Å². The van der Waals surface area contributed by atoms with Gasteiger partial charge in [0.05, 0.1) is 39.6 Å². The second-order valence-corrected chi connectivity index (χ2v) is 9.19. The van der Waals surface area contributed by atoms with Crippen LogP contribution in [0.4, 0.5) is 0 Å². The summed E-state index contributed by atoms with van der Waals surface area (Å²) in [5.41, 5.74) is -0.130. The maximum absolute atomic E-state index is 12.7. The van der Waals surface area contributed by atoms with Gasteiger partial charge < -0.3 is 19.5 Å². The number of amides is 1. The number of carbonyl (C=O) groups excluding carboxylic acids is 1. The fourth-order valence-electron chi connectivity index (χ4n) is 4.47. The fourth-order valence-corrected chi connectivity index (χ4v) is 5.44. The number of benzene rings is 1. The Bertz CT molecular complexity index is 794. The van der Waals surface area contributed by atoms with Crippen LogP contribution in [0.1, 0.15) is 37.1 Å². The summed E-state index contributed by atoms with van der Waals surface area (Å²) in [6.45, 7) is 2.25. The average Bonchev–Trinajstić information content (AvgIpc) is 3.09. The zero-order chi connectivity index (χ0) is 19.6. The molecule has 2 aromatic rings. The van der Waals surface area contributed by atoms with Gasteiger partial charge in [0, 0.05) is 45.9 Å². The van der Waals surface area contributed by atoms with Crippen LogP contribution in [0.15, 0.2) is 24.3 Å². The SMILES string of the molecule is COCC1(O)CCOC2(CCN(C(=O)CCc3nc4ccccc4s3)CC2)C1. The van der Waals surface area contributed by atoms with Crippen molar-refractivity contribution in [2.24, 2.45) is 0 Å². The van der Waals surface area contributed by atoms with Crippen molar-refractivity contribution in [1.82, 2.24) is 9.88 Å². The molecule has 3 heterocycles. The lowest BCUT2D eigenvalue weighted by atomic mass is 9.77. The molecule has 1 aromatic carbocycles. The van der Waals surface area contributed by atoms with Gasteiger partial charge in [-0.15, -0.1) is 11.3 Å². The number of likely N-dealkylation sites (tertiary alicyclic amines) is 1. The van der Waals surface area contributed by atoms with Gasteiger partial charge in [-0.2, -0.15) is 0 Å². The predicted octanol–water partition coefficient (Wildman–Crippen LogP) is 2.78. The van der Waals surface area contributed by atoms with Gasteiger partial charge in [-0.25, -0.2) is 4.98 Å². The van der Waals surface area contributed by atoms with Crippen LogP contribution in [-0.4, -0.2) is 65.5 Å². The van der Waals surface area contributed by atoms with Crippen molar-refractivity contribution < 1.29 is 19.4 Å². The number of nitrogens with zero attached hydrogens (tertiary/aromatic N) is 2. The van der Waals surface area contributed by atoms with E-state index in [4.69, 9.17) is 9.47 Å². The van der Waals surface area contributed by atoms with E-state index in [1.54, 1.807) is 18.4 Å². The van der Waals surface area contributed by atoms with Gasteiger partial charge in [0.15, 0.2) is 0 Å². The maximum atomic E-state index is 12.7. The molecule has 2 aliphatic heterocycles. The van der Waals surface area contributed by atoms with Crippen LogP contribution in [0, 0.1) is 0 Å². The molecule has 1 spiro atoms. The molecule has 0 aliphatic carbocycles. The second kappa shape index (κ2) is 8.06. The standard InChI is InChI=1S/C21H28N2O4S/c1-26-15-20(25)10-13-27-21(14-20)8-11-23(12-9-21)19(24)7-6-18-22-16-4-2-3-5-17(16)28-18/h2-5,25H,6-15H2,1H3. The number of fused-ring (bicyclic) bond motifs is 1. The monoisotopic (exact) mass is 404 g/mol. The van der Waals surface area contributed by atoms with Crippen molar-refractivity contribution in [1.29, 1.82) is 0 Å². The molecule has 0 saturated carbocycles. The number of carbonyl (C=O) groups is 1. The summed E-state index contributed by atoms with van der Waals surface area (Å²) in [5, 5.41) is 11.8. The minimum absolute atomic E-state index is 0.178. The molecule has 1 aromatic heterocycles. The van der Waals surface area contributed by atoms with Gasteiger partial charge in [0.25, 0.3) is 0 Å². The highest BCUT2D eigenvalue weighted by Gasteiger charge is 2.46. The van der Waals surface area contributed by atoms with Crippen LogP contribution >= 0.6 is 11.3 Å². The van der Waals surface area contributed by atoms with E-state index in [-0.39, 0.29) is 11.5 Å². The quantitative estimate of drug-likeness (QED) is 0.830. The third-order valence-corrected chi connectivity index (χ3v) is 7.05. The smallest absolute Gasteiger partial charge is 0.222 e. The number of aromatic nitrogens is 1. The van der Waals surface area contributed by atoms with E-state index in [1.165, 1.54) is 4.70 Å². The number of aliphatic hydroxyl groups is 1. The summed E-state index contributed by atoms with van der Waals surface area (Å²) in [6, 6.07) is 8.08. The van der Waals surface area contributed by atoms with E-state index in [1.807, 2.05) is 23.1 Å². The number of rotatable bonds is 5. The maximum Gasteiger partial charge on any atom is 0.222 e. The zero-order valence-corrected chi connectivity index (χ0v) is 17.2. The zero-order valence-electron chi connectivity index (χ0n) is 16.4. The molecule has 2 saturated heterocycles. The minimum Gasteiger partial charge on any atom is -0.387 e. The first-order valence-electron chi connectivity index (χ1n) is 9.98. The number of hydrogen-bond donors (Lipinski definition) is 1. The second-order valence-electron chi connectivity index (χ2n) is 8.07. The Morgan fingerprint density at radius 2 is 2.11 bits per heavy atom. The molecule has 2 aliphatic rings. The van der Waals surface area contributed by atoms with Gasteiger partial charge in [-0.3, -0.25) is 4.79 Å². The molecule has 28 heavy (non-hydrogen) atoms. The molecular formula is C21H28N2O4S. The summed E-state index contributed by atoms with van der Waals surface area (Å²) in [7, 11) is 1.62. The number of aryl methyl sites for hydroxylation is 1. The van der Waals surface area contributed by atoms with Crippen molar-refractivity contribution in [2.45, 2.75) is 49.7 Å². The van der Waals surface area contributed by atoms with Gasteiger partial charge in [0.1, 0.15) is 0 Å². The summed E-state index contributed by atoms with van der Waals surface area (Å²) in [5.74, 6) is 0.178. The number of ether oxygens (including phenoxy) is 2. The topological polar surface area (TPSA) is 71.9 Å². The molecule has 1 N–H and O–H groups in total. The number of thiazole rings is 1. The average molecular weight is 405 g/mol. The van der Waals surface area contributed by atoms with Gasteiger partial charge >= 0.3 is 0 Å². The third kappa shape index (κ3) is 4.22. The number of piperidine rings is 1. The first-order chi connectivity index (χ1) is 13.5. The number of methoxy groups -OCH3 is 1. The minimum atomic E-state index is -0.813. The van der Waals surface area contributed by atoms with Crippen LogP contribution < -0.4 is 0 Å². The van der Waals surface area contributed by atoms with Crippen molar-refractivity contribution in [2.75, 3.05) is 33.4 Å². The van der Waals surface area contributed by atoms with Gasteiger partial charge in [-0.05, 0) is 25.0 Å². The van der Waals surface area contributed by atoms with Crippen LogP contribution in [0.5, 0.6) is 0 Å². The highest BCUT2D eigenvalue weighted by Crippen LogP contribution is 2.39. The Morgan fingerprint density at radius 3 is 2.86 bits per heavy atom. The van der Waals surface area contributed by atoms with Crippen molar-refractivity contribution in [3.05, 3.63) is 29.3 Å². The Labute approximate surface area is 169 Å². The summed E-state index contributed by atoms with van der Waals surface area (Å²) < 4.78 is 12.4. The number of para-hydroxylation sites is 1. The van der Waals surface area contributed by atoms with Crippen molar-refractivity contribution >= 4 is 27.5 Å². The molecule has 1 atom stereocenters. The van der Waals surface area contributed by atoms with Crippen molar-refractivity contribution in [3.8, 4) is 0 Å². The first kappa shape index (κ1) is 19.8. The molecule has 4 rings (SSSR count). The largest absolute Gasteiger partial charge is 0.387 e. The Kier molecular flexibility index (Phi) is 5.69. The lowest BCUT2D eigenvalue weighted by Gasteiger charge is -2.49. The van der Waals surface area contributed by atoms with E-state index in [0.29, 0.717) is 52.0 Å². The van der Waals surface area contributed by atoms with E-state index < -0.39 is 5.60 Å². The highest BCUT2D eigenvalue weighted by molar-refractivity contribution is 7.18. The number of hydrogen-bond acceptors (Lipinski definition) is 6. The van der Waals surface area contributed by atoms with Gasteiger partial charge in [-0.1, -0.05) is 12.1 Å². The molecule has 1 unspecified atom stereocenters. The Hall–Kier alpha value is -1.54. The molecule has 0 bridgehead atoms. The molecular weight excluding hydrogens is 376 g/mol. The summed E-state index contributed by atoms with van der Waals surface area (Å²) in [6.07, 6.45) is 3.90. The highest BCUT2D eigenvalue weighted by atomic mass is 32.1. The van der Waals surface area contributed by atoms with E-state index in [9.17, 15) is 9.90 Å². The van der Waals surface area contributed by atoms with E-state index in [2.05, 4.69) is 11.1 Å². The molecule has 6 nitrogen and oxygen atoms in total. The summed E-state index contributed by atoms with van der Waals surface area (Å²) in [4.78, 5) is 19.2. The van der Waals surface area contributed by atoms with Crippen LogP contribution in [-0.2, 0) is 20.7 Å². The lowest BCUT2D eigenvalue weighted by molar-refractivity contribution is -0.192.